The summed E-state index contributed by atoms with van der Waals surface area (Å²) in [5, 5.41) is 2.32. The first kappa shape index (κ1) is 18.7. The van der Waals surface area contributed by atoms with Gasteiger partial charge in [-0.15, -0.1) is 0 Å². The van der Waals surface area contributed by atoms with Gasteiger partial charge in [-0.3, -0.25) is 0 Å². The van der Waals surface area contributed by atoms with E-state index in [1.165, 1.54) is 27.8 Å². The molecule has 0 aliphatic rings. The van der Waals surface area contributed by atoms with Gasteiger partial charge in [-0.2, -0.15) is 0 Å². The molecule has 1 heteroatoms. The van der Waals surface area contributed by atoms with Crippen molar-refractivity contribution in [1.82, 2.24) is 0 Å². The van der Waals surface area contributed by atoms with Crippen LogP contribution in [0, 0.1) is 6.92 Å². The van der Waals surface area contributed by atoms with Crippen LogP contribution < -0.4 is 0 Å². The zero-order valence-corrected chi connectivity index (χ0v) is 17.9. The summed E-state index contributed by atoms with van der Waals surface area (Å²) in [4.78, 5) is 0. The van der Waals surface area contributed by atoms with Crippen molar-refractivity contribution >= 4 is 21.9 Å². The van der Waals surface area contributed by atoms with E-state index in [1.807, 2.05) is 12.1 Å². The smallest absolute Gasteiger partial charge is 0.143 e. The van der Waals surface area contributed by atoms with Gasteiger partial charge in [0.05, 0.1) is 0 Å². The van der Waals surface area contributed by atoms with Crippen molar-refractivity contribution in [2.24, 2.45) is 0 Å². The number of furan rings is 1. The van der Waals surface area contributed by atoms with Crippen LogP contribution in [0.25, 0.3) is 55.3 Å². The van der Waals surface area contributed by atoms with Crippen LogP contribution in [0.2, 0.25) is 0 Å². The number of para-hydroxylation sites is 2. The summed E-state index contributed by atoms with van der Waals surface area (Å²) in [6, 6.07) is 40.8. The molecule has 5 aromatic carbocycles. The first-order valence-electron chi connectivity index (χ1n) is 10.9. The summed E-state index contributed by atoms with van der Waals surface area (Å²) in [7, 11) is 0. The van der Waals surface area contributed by atoms with E-state index in [-0.39, 0.29) is 0 Å². The van der Waals surface area contributed by atoms with Gasteiger partial charge in [-0.1, -0.05) is 109 Å². The molecule has 6 aromatic rings. The minimum absolute atomic E-state index is 0.929. The minimum Gasteiger partial charge on any atom is -0.455 e. The molecule has 6 rings (SSSR count). The van der Waals surface area contributed by atoms with E-state index in [9.17, 15) is 0 Å². The number of aryl methyl sites for hydroxylation is 1. The molecule has 0 aliphatic heterocycles. The standard InChI is InChI=1S/C31H22O/c1-21-12-14-22(15-13-21)23-16-18-24(19-17-23)25-6-4-7-26(20-25)27-9-5-10-29-28-8-2-3-11-30(28)32-31(27)29/h2-20H,1H3. The summed E-state index contributed by atoms with van der Waals surface area (Å²) in [5.41, 5.74) is 10.3. The highest BCUT2D eigenvalue weighted by molar-refractivity contribution is 6.09. The summed E-state index contributed by atoms with van der Waals surface area (Å²) in [5.74, 6) is 0. The van der Waals surface area contributed by atoms with Crippen molar-refractivity contribution < 1.29 is 4.42 Å². The minimum atomic E-state index is 0.929. The molecule has 0 bridgehead atoms. The van der Waals surface area contributed by atoms with Crippen molar-refractivity contribution in [2.75, 3.05) is 0 Å². The van der Waals surface area contributed by atoms with Crippen LogP contribution in [0.1, 0.15) is 5.56 Å². The van der Waals surface area contributed by atoms with E-state index in [0.717, 1.165) is 33.1 Å². The van der Waals surface area contributed by atoms with Crippen LogP contribution >= 0.6 is 0 Å². The molecule has 1 aromatic heterocycles. The maximum atomic E-state index is 6.26. The lowest BCUT2D eigenvalue weighted by Crippen LogP contribution is -1.83. The Bertz CT molecular complexity index is 1550. The highest BCUT2D eigenvalue weighted by atomic mass is 16.3. The average Bonchev–Trinajstić information content (AvgIpc) is 3.24. The molecule has 1 nitrogen and oxygen atoms in total. The van der Waals surface area contributed by atoms with Gasteiger partial charge in [0.15, 0.2) is 0 Å². The lowest BCUT2D eigenvalue weighted by atomic mass is 9.96. The van der Waals surface area contributed by atoms with Crippen LogP contribution in [0.5, 0.6) is 0 Å². The highest BCUT2D eigenvalue weighted by Crippen LogP contribution is 2.37. The van der Waals surface area contributed by atoms with Crippen LogP contribution in [-0.4, -0.2) is 0 Å². The van der Waals surface area contributed by atoms with Gasteiger partial charge in [0.1, 0.15) is 11.2 Å². The Hall–Kier alpha value is -4.10. The number of hydrogen-bond acceptors (Lipinski definition) is 1. The second-order valence-electron chi connectivity index (χ2n) is 8.30. The molecule has 0 saturated carbocycles. The van der Waals surface area contributed by atoms with Gasteiger partial charge in [-0.05, 0) is 46.9 Å². The first-order valence-corrected chi connectivity index (χ1v) is 10.9. The molecule has 1 heterocycles. The molecular weight excluding hydrogens is 388 g/mol. The Labute approximate surface area is 187 Å². The SMILES string of the molecule is Cc1ccc(-c2ccc(-c3cccc(-c4cccc5c4oc4ccccc45)c3)cc2)cc1. The van der Waals surface area contributed by atoms with Gasteiger partial charge >= 0.3 is 0 Å². The molecular formula is C31H22O. The fourth-order valence-corrected chi connectivity index (χ4v) is 4.44. The van der Waals surface area contributed by atoms with Gasteiger partial charge < -0.3 is 4.42 Å². The Balaban J connectivity index is 1.40. The molecule has 0 saturated heterocycles. The van der Waals surface area contributed by atoms with Gasteiger partial charge in [-0.25, -0.2) is 0 Å². The van der Waals surface area contributed by atoms with Crippen molar-refractivity contribution in [3.8, 4) is 33.4 Å². The van der Waals surface area contributed by atoms with Crippen LogP contribution in [0.15, 0.2) is 120 Å². The Kier molecular flexibility index (Phi) is 4.40. The van der Waals surface area contributed by atoms with Crippen LogP contribution in [0.3, 0.4) is 0 Å². The van der Waals surface area contributed by atoms with Crippen molar-refractivity contribution in [1.29, 1.82) is 0 Å². The zero-order chi connectivity index (χ0) is 21.5. The highest BCUT2D eigenvalue weighted by Gasteiger charge is 2.12. The fourth-order valence-electron chi connectivity index (χ4n) is 4.44. The lowest BCUT2D eigenvalue weighted by molar-refractivity contribution is 0.670. The van der Waals surface area contributed by atoms with Crippen molar-refractivity contribution in [2.45, 2.75) is 6.92 Å². The van der Waals surface area contributed by atoms with Crippen LogP contribution in [-0.2, 0) is 0 Å². The third-order valence-corrected chi connectivity index (χ3v) is 6.18. The Morgan fingerprint density at radius 2 is 1.06 bits per heavy atom. The molecule has 0 spiro atoms. The maximum absolute atomic E-state index is 6.26. The summed E-state index contributed by atoms with van der Waals surface area (Å²) < 4.78 is 6.26. The third kappa shape index (κ3) is 3.19. The van der Waals surface area contributed by atoms with E-state index < -0.39 is 0 Å². The summed E-state index contributed by atoms with van der Waals surface area (Å²) in [6.07, 6.45) is 0. The van der Waals surface area contributed by atoms with Crippen molar-refractivity contribution in [3.05, 3.63) is 121 Å². The second-order valence-corrected chi connectivity index (χ2v) is 8.30. The number of hydrogen-bond donors (Lipinski definition) is 0. The van der Waals surface area contributed by atoms with E-state index >= 15 is 0 Å². The average molecular weight is 411 g/mol. The molecule has 152 valence electrons. The molecule has 0 N–H and O–H groups in total. The van der Waals surface area contributed by atoms with Gasteiger partial charge in [0, 0.05) is 16.3 Å². The molecule has 0 atom stereocenters. The topological polar surface area (TPSA) is 13.1 Å². The molecule has 0 fully saturated rings. The molecule has 32 heavy (non-hydrogen) atoms. The van der Waals surface area contributed by atoms with E-state index in [2.05, 4.69) is 110 Å². The van der Waals surface area contributed by atoms with Gasteiger partial charge in [0.2, 0.25) is 0 Å². The predicted octanol–water partition coefficient (Wildman–Crippen LogP) is 8.90. The normalized spacial score (nSPS) is 11.3. The largest absolute Gasteiger partial charge is 0.455 e. The molecule has 0 radical (unpaired) electrons. The quantitative estimate of drug-likeness (QED) is 0.284. The van der Waals surface area contributed by atoms with Crippen molar-refractivity contribution in [3.63, 3.8) is 0 Å². The number of benzene rings is 5. The maximum Gasteiger partial charge on any atom is 0.143 e. The van der Waals surface area contributed by atoms with E-state index in [0.29, 0.717) is 0 Å². The zero-order valence-electron chi connectivity index (χ0n) is 17.9. The molecule has 0 unspecified atom stereocenters. The predicted molar refractivity (Wildman–Crippen MR) is 135 cm³/mol. The summed E-state index contributed by atoms with van der Waals surface area (Å²) >= 11 is 0. The number of fused-ring (bicyclic) bond motifs is 3. The Morgan fingerprint density at radius 3 is 1.84 bits per heavy atom. The second kappa shape index (κ2) is 7.55. The Morgan fingerprint density at radius 1 is 0.469 bits per heavy atom. The number of rotatable bonds is 3. The molecule has 0 aliphatic carbocycles. The summed E-state index contributed by atoms with van der Waals surface area (Å²) in [6.45, 7) is 2.12. The van der Waals surface area contributed by atoms with Gasteiger partial charge in [0.25, 0.3) is 0 Å². The van der Waals surface area contributed by atoms with E-state index in [1.54, 1.807) is 0 Å². The molecule has 0 amide bonds. The van der Waals surface area contributed by atoms with Crippen LogP contribution in [0.4, 0.5) is 0 Å². The fraction of sp³-hybridized carbons (Fsp3) is 0.0323. The third-order valence-electron chi connectivity index (χ3n) is 6.18. The first-order chi connectivity index (χ1) is 15.8. The monoisotopic (exact) mass is 410 g/mol. The van der Waals surface area contributed by atoms with E-state index in [4.69, 9.17) is 4.42 Å². The lowest BCUT2D eigenvalue weighted by Gasteiger charge is -2.08.